The van der Waals surface area contributed by atoms with E-state index < -0.39 is 24.0 Å². The van der Waals surface area contributed by atoms with E-state index in [0.717, 1.165) is 16.5 Å². The lowest BCUT2D eigenvalue weighted by Crippen LogP contribution is -2.41. The quantitative estimate of drug-likeness (QED) is 0.647. The zero-order valence-corrected chi connectivity index (χ0v) is 16.4. The first-order chi connectivity index (χ1) is 13.9. The highest BCUT2D eigenvalue weighted by Gasteiger charge is 2.27. The second kappa shape index (κ2) is 8.60. The van der Waals surface area contributed by atoms with Crippen LogP contribution in [-0.4, -0.2) is 25.0 Å². The van der Waals surface area contributed by atoms with Crippen LogP contribution in [0.3, 0.4) is 0 Å². The van der Waals surface area contributed by atoms with Crippen molar-refractivity contribution in [1.82, 2.24) is 10.6 Å². The van der Waals surface area contributed by atoms with Crippen LogP contribution in [0.1, 0.15) is 28.4 Å². The summed E-state index contributed by atoms with van der Waals surface area (Å²) in [4.78, 5) is 36.6. The van der Waals surface area contributed by atoms with Gasteiger partial charge >= 0.3 is 12.0 Å². The average Bonchev–Trinajstić information content (AvgIpc) is 3.08. The van der Waals surface area contributed by atoms with Gasteiger partial charge in [-0.05, 0) is 37.1 Å². The molecule has 0 aliphatic heterocycles. The second-order valence-corrected chi connectivity index (χ2v) is 6.72. The van der Waals surface area contributed by atoms with Gasteiger partial charge < -0.3 is 14.5 Å². The molecule has 7 heteroatoms. The van der Waals surface area contributed by atoms with Crippen molar-refractivity contribution in [3.8, 4) is 0 Å². The molecule has 0 saturated carbocycles. The average molecular weight is 394 g/mol. The van der Waals surface area contributed by atoms with Crippen LogP contribution < -0.4 is 10.6 Å². The number of benzene rings is 2. The Balaban J connectivity index is 1.81. The van der Waals surface area contributed by atoms with E-state index in [4.69, 9.17) is 9.15 Å². The summed E-state index contributed by atoms with van der Waals surface area (Å²) in [5.41, 5.74) is 4.00. The zero-order valence-electron chi connectivity index (χ0n) is 16.4. The Morgan fingerprint density at radius 3 is 2.45 bits per heavy atom. The van der Waals surface area contributed by atoms with Crippen molar-refractivity contribution in [3.63, 3.8) is 0 Å². The van der Waals surface area contributed by atoms with Gasteiger partial charge in [0.15, 0.2) is 0 Å². The topological polar surface area (TPSA) is 97.6 Å². The van der Waals surface area contributed by atoms with Crippen molar-refractivity contribution >= 4 is 28.9 Å². The highest BCUT2D eigenvalue weighted by molar-refractivity contribution is 5.98. The first kappa shape index (κ1) is 20.1. The van der Waals surface area contributed by atoms with Gasteiger partial charge in [-0.25, -0.2) is 4.79 Å². The number of hydrogen-bond acceptors (Lipinski definition) is 5. The van der Waals surface area contributed by atoms with Gasteiger partial charge in [-0.3, -0.25) is 14.9 Å². The number of carbonyl (C=O) groups excluding carboxylic acids is 3. The van der Waals surface area contributed by atoms with E-state index in [1.807, 2.05) is 26.0 Å². The third-order valence-electron chi connectivity index (χ3n) is 4.66. The molecule has 0 fully saturated rings. The lowest BCUT2D eigenvalue weighted by Gasteiger charge is -2.17. The maximum absolute atomic E-state index is 12.6. The Morgan fingerprint density at radius 1 is 1.07 bits per heavy atom. The lowest BCUT2D eigenvalue weighted by molar-refractivity contribution is -0.155. The molecule has 0 radical (unpaired) electrons. The fourth-order valence-electron chi connectivity index (χ4n) is 2.94. The second-order valence-electron chi connectivity index (χ2n) is 6.72. The molecule has 2 N–H and O–H groups in total. The summed E-state index contributed by atoms with van der Waals surface area (Å²) in [7, 11) is 1.39. The lowest BCUT2D eigenvalue weighted by atomic mass is 10.0. The third kappa shape index (κ3) is 4.63. The predicted octanol–water partition coefficient (Wildman–Crippen LogP) is 3.33. The Labute approximate surface area is 168 Å². The summed E-state index contributed by atoms with van der Waals surface area (Å²) in [6, 6.07) is 11.7. The summed E-state index contributed by atoms with van der Waals surface area (Å²) in [6.45, 7) is 3.97. The maximum Gasteiger partial charge on any atom is 0.321 e. The summed E-state index contributed by atoms with van der Waals surface area (Å²) in [6.07, 6.45) is 0.210. The summed E-state index contributed by atoms with van der Waals surface area (Å²) >= 11 is 0. The van der Waals surface area contributed by atoms with Crippen LogP contribution in [-0.2, 0) is 20.7 Å². The van der Waals surface area contributed by atoms with Crippen molar-refractivity contribution in [2.75, 3.05) is 7.05 Å². The van der Waals surface area contributed by atoms with Gasteiger partial charge in [-0.2, -0.15) is 0 Å². The van der Waals surface area contributed by atoms with Gasteiger partial charge in [-0.15, -0.1) is 0 Å². The minimum Gasteiger partial charge on any atom is -0.464 e. The molecule has 0 saturated heterocycles. The van der Waals surface area contributed by atoms with Crippen LogP contribution in [0.25, 0.3) is 11.0 Å². The SMILES string of the molecule is CNC(=O)NC(=O)[C@H](OC(=O)Cc1coc2cc(C)c(C)cc12)c1ccccc1. The molecular weight excluding hydrogens is 372 g/mol. The van der Waals surface area contributed by atoms with E-state index in [1.54, 1.807) is 30.3 Å². The fourth-order valence-corrected chi connectivity index (χ4v) is 2.94. The van der Waals surface area contributed by atoms with Crippen LogP contribution >= 0.6 is 0 Å². The smallest absolute Gasteiger partial charge is 0.321 e. The van der Waals surface area contributed by atoms with Gasteiger partial charge in [0.25, 0.3) is 5.91 Å². The van der Waals surface area contributed by atoms with Crippen molar-refractivity contribution in [1.29, 1.82) is 0 Å². The highest BCUT2D eigenvalue weighted by Crippen LogP contribution is 2.26. The van der Waals surface area contributed by atoms with Crippen LogP contribution in [0.2, 0.25) is 0 Å². The number of urea groups is 1. The van der Waals surface area contributed by atoms with Crippen LogP contribution in [0.5, 0.6) is 0 Å². The summed E-state index contributed by atoms with van der Waals surface area (Å²) < 4.78 is 11.0. The Kier molecular flexibility index (Phi) is 5.97. The maximum atomic E-state index is 12.6. The molecule has 3 amide bonds. The number of rotatable bonds is 5. The molecule has 0 unspecified atom stereocenters. The van der Waals surface area contributed by atoms with Gasteiger partial charge in [0.05, 0.1) is 12.7 Å². The largest absolute Gasteiger partial charge is 0.464 e. The number of esters is 1. The summed E-state index contributed by atoms with van der Waals surface area (Å²) in [5, 5.41) is 5.28. The molecule has 0 aliphatic carbocycles. The van der Waals surface area contributed by atoms with Gasteiger partial charge in [0.2, 0.25) is 6.10 Å². The van der Waals surface area contributed by atoms with E-state index in [-0.39, 0.29) is 6.42 Å². The number of furan rings is 1. The number of carbonyl (C=O) groups is 3. The Bertz CT molecular complexity index is 1060. The van der Waals surface area contributed by atoms with Crippen LogP contribution in [0.15, 0.2) is 53.1 Å². The highest BCUT2D eigenvalue weighted by atomic mass is 16.5. The molecule has 3 aromatic rings. The van der Waals surface area contributed by atoms with Crippen molar-refractivity contribution in [2.24, 2.45) is 0 Å². The van der Waals surface area contributed by atoms with Crippen molar-refractivity contribution < 1.29 is 23.5 Å². The van der Waals surface area contributed by atoms with Gasteiger partial charge in [0, 0.05) is 23.6 Å². The van der Waals surface area contributed by atoms with E-state index in [9.17, 15) is 14.4 Å². The minimum absolute atomic E-state index is 0.0634. The van der Waals surface area contributed by atoms with Crippen LogP contribution in [0, 0.1) is 13.8 Å². The normalized spacial score (nSPS) is 11.7. The van der Waals surface area contributed by atoms with Crippen molar-refractivity contribution in [2.45, 2.75) is 26.4 Å². The first-order valence-corrected chi connectivity index (χ1v) is 9.13. The van der Waals surface area contributed by atoms with Gasteiger partial charge in [0.1, 0.15) is 5.58 Å². The molecular formula is C22H22N2O5. The molecule has 1 heterocycles. The number of nitrogens with one attached hydrogen (secondary N) is 2. The molecule has 0 bridgehead atoms. The third-order valence-corrected chi connectivity index (χ3v) is 4.66. The molecule has 2 aromatic carbocycles. The molecule has 3 rings (SSSR count). The molecule has 1 aromatic heterocycles. The Hall–Kier alpha value is -3.61. The van der Waals surface area contributed by atoms with E-state index in [2.05, 4.69) is 10.6 Å². The number of imide groups is 1. The molecule has 0 aliphatic rings. The molecule has 150 valence electrons. The molecule has 7 nitrogen and oxygen atoms in total. The van der Waals surface area contributed by atoms with E-state index >= 15 is 0 Å². The number of amides is 3. The van der Waals surface area contributed by atoms with E-state index in [1.165, 1.54) is 13.3 Å². The number of aryl methyl sites for hydroxylation is 2. The number of fused-ring (bicyclic) bond motifs is 1. The summed E-state index contributed by atoms with van der Waals surface area (Å²) in [5.74, 6) is -1.33. The predicted molar refractivity (Wildman–Crippen MR) is 107 cm³/mol. The Morgan fingerprint density at radius 2 is 1.76 bits per heavy atom. The molecule has 29 heavy (non-hydrogen) atoms. The van der Waals surface area contributed by atoms with Crippen LogP contribution in [0.4, 0.5) is 4.79 Å². The van der Waals surface area contributed by atoms with Gasteiger partial charge in [-0.1, -0.05) is 30.3 Å². The number of ether oxygens (including phenoxy) is 1. The number of hydrogen-bond donors (Lipinski definition) is 2. The van der Waals surface area contributed by atoms with Crippen molar-refractivity contribution in [3.05, 3.63) is 71.0 Å². The molecule has 1 atom stereocenters. The fraction of sp³-hybridized carbons (Fsp3) is 0.227. The monoisotopic (exact) mass is 394 g/mol. The first-order valence-electron chi connectivity index (χ1n) is 9.13. The minimum atomic E-state index is -1.25. The zero-order chi connectivity index (χ0) is 21.0. The molecule has 0 spiro atoms. The standard InChI is InChI=1S/C22H22N2O5/c1-13-9-17-16(12-28-18(17)10-14(13)2)11-19(25)29-20(15-7-5-4-6-8-15)21(26)24-22(27)23-3/h4-10,12,20H,11H2,1-3H3,(H2,23,24,26,27)/t20-/m1/s1. The van der Waals surface area contributed by atoms with E-state index in [0.29, 0.717) is 16.7 Å².